The van der Waals surface area contributed by atoms with Gasteiger partial charge in [0.1, 0.15) is 17.2 Å². The molecule has 0 atom stereocenters. The monoisotopic (exact) mass is 422 g/mol. The Morgan fingerprint density at radius 2 is 2.07 bits per heavy atom. The maximum atomic E-state index is 12.7. The second kappa shape index (κ2) is 7.46. The molecule has 1 aliphatic heterocycles. The third-order valence-electron chi connectivity index (χ3n) is 5.29. The van der Waals surface area contributed by atoms with Gasteiger partial charge in [0.25, 0.3) is 5.56 Å². The van der Waals surface area contributed by atoms with Crippen LogP contribution in [-0.2, 0) is 19.6 Å². The van der Waals surface area contributed by atoms with Crippen molar-refractivity contribution in [1.82, 2.24) is 24.1 Å². The molecular weight excluding hydrogens is 404 g/mol. The Hall–Kier alpha value is -3.39. The number of ether oxygens (including phenoxy) is 1. The number of fused-ring (bicyclic) bond motifs is 2. The van der Waals surface area contributed by atoms with Gasteiger partial charge < -0.3 is 14.2 Å². The van der Waals surface area contributed by atoms with E-state index in [1.807, 2.05) is 12.3 Å². The fourth-order valence-electron chi connectivity index (χ4n) is 3.70. The van der Waals surface area contributed by atoms with Crippen molar-refractivity contribution >= 4 is 28.6 Å². The molecule has 0 N–H and O–H groups in total. The first-order valence-corrected chi connectivity index (χ1v) is 9.94. The number of methoxy groups -OCH3 is 1. The van der Waals surface area contributed by atoms with Crippen LogP contribution in [0.2, 0.25) is 5.02 Å². The summed E-state index contributed by atoms with van der Waals surface area (Å²) in [5.74, 6) is 2.16. The first-order valence-electron chi connectivity index (χ1n) is 9.56. The van der Waals surface area contributed by atoms with E-state index in [0.717, 1.165) is 29.9 Å². The Kier molecular flexibility index (Phi) is 4.63. The van der Waals surface area contributed by atoms with E-state index in [1.165, 1.54) is 6.07 Å². The standard InChI is InChI=1S/C21H19ClN6O2/c1-30-17-4-2-14(10-16(17)22)12-28-19(29)5-3-15-11-24-21(25-20(15)28)27-9-8-26-7-6-23-18(26)13-27/h2-7,10-11H,8-9,12-13H2,1H3. The Balaban J connectivity index is 1.53. The summed E-state index contributed by atoms with van der Waals surface area (Å²) in [7, 11) is 1.57. The Morgan fingerprint density at radius 1 is 1.17 bits per heavy atom. The lowest BCUT2D eigenvalue weighted by atomic mass is 10.2. The Morgan fingerprint density at radius 3 is 2.90 bits per heavy atom. The SMILES string of the molecule is COc1ccc(Cn2c(=O)ccc3cnc(N4CCn5ccnc5C4)nc32)cc1Cl. The molecule has 0 radical (unpaired) electrons. The fourth-order valence-corrected chi connectivity index (χ4v) is 3.98. The molecule has 30 heavy (non-hydrogen) atoms. The van der Waals surface area contributed by atoms with E-state index < -0.39 is 0 Å². The van der Waals surface area contributed by atoms with Gasteiger partial charge >= 0.3 is 0 Å². The second-order valence-corrected chi connectivity index (χ2v) is 7.54. The van der Waals surface area contributed by atoms with Crippen LogP contribution in [0.25, 0.3) is 11.0 Å². The smallest absolute Gasteiger partial charge is 0.252 e. The summed E-state index contributed by atoms with van der Waals surface area (Å²) in [4.78, 5) is 28.4. The highest BCUT2D eigenvalue weighted by molar-refractivity contribution is 6.32. The highest BCUT2D eigenvalue weighted by Gasteiger charge is 2.20. The van der Waals surface area contributed by atoms with E-state index in [1.54, 1.807) is 42.3 Å². The lowest BCUT2D eigenvalue weighted by molar-refractivity contribution is 0.415. The summed E-state index contributed by atoms with van der Waals surface area (Å²) in [5, 5.41) is 1.30. The molecule has 0 fully saturated rings. The van der Waals surface area contributed by atoms with Gasteiger partial charge in [-0.05, 0) is 23.8 Å². The Bertz CT molecular complexity index is 1300. The van der Waals surface area contributed by atoms with Crippen molar-refractivity contribution in [3.8, 4) is 5.75 Å². The van der Waals surface area contributed by atoms with Crippen LogP contribution in [0.4, 0.5) is 5.95 Å². The molecule has 152 valence electrons. The predicted octanol–water partition coefficient (Wildman–Crippen LogP) is 2.72. The number of halogens is 1. The minimum Gasteiger partial charge on any atom is -0.495 e. The van der Waals surface area contributed by atoms with Crippen molar-refractivity contribution < 1.29 is 4.74 Å². The number of imidazole rings is 1. The van der Waals surface area contributed by atoms with Crippen LogP contribution >= 0.6 is 11.6 Å². The van der Waals surface area contributed by atoms with Crippen LogP contribution < -0.4 is 15.2 Å². The van der Waals surface area contributed by atoms with Gasteiger partial charge in [0.15, 0.2) is 0 Å². The molecule has 5 rings (SSSR count). The summed E-state index contributed by atoms with van der Waals surface area (Å²) in [6, 6.07) is 8.78. The summed E-state index contributed by atoms with van der Waals surface area (Å²) >= 11 is 6.26. The molecule has 3 aromatic heterocycles. The van der Waals surface area contributed by atoms with Crippen molar-refractivity contribution in [2.24, 2.45) is 0 Å². The molecule has 0 aliphatic carbocycles. The van der Waals surface area contributed by atoms with Crippen LogP contribution in [0.1, 0.15) is 11.4 Å². The van der Waals surface area contributed by atoms with Crippen molar-refractivity contribution in [3.63, 3.8) is 0 Å². The van der Waals surface area contributed by atoms with Gasteiger partial charge in [-0.25, -0.2) is 9.97 Å². The molecule has 0 spiro atoms. The van der Waals surface area contributed by atoms with Crippen molar-refractivity contribution in [1.29, 1.82) is 0 Å². The van der Waals surface area contributed by atoms with Gasteiger partial charge in [0.2, 0.25) is 5.95 Å². The van der Waals surface area contributed by atoms with Crippen molar-refractivity contribution in [2.45, 2.75) is 19.6 Å². The van der Waals surface area contributed by atoms with Crippen molar-refractivity contribution in [2.75, 3.05) is 18.6 Å². The van der Waals surface area contributed by atoms with Gasteiger partial charge in [-0.3, -0.25) is 9.36 Å². The van der Waals surface area contributed by atoms with E-state index in [2.05, 4.69) is 19.4 Å². The van der Waals surface area contributed by atoms with Crippen LogP contribution in [0.5, 0.6) is 5.75 Å². The molecule has 1 aromatic carbocycles. The highest BCUT2D eigenvalue weighted by atomic mass is 35.5. The van der Waals surface area contributed by atoms with Gasteiger partial charge in [0, 0.05) is 43.1 Å². The molecule has 1 aliphatic rings. The largest absolute Gasteiger partial charge is 0.495 e. The molecule has 0 bridgehead atoms. The van der Waals surface area contributed by atoms with E-state index in [4.69, 9.17) is 21.3 Å². The number of aromatic nitrogens is 5. The molecule has 0 saturated heterocycles. The number of rotatable bonds is 4. The van der Waals surface area contributed by atoms with Crippen LogP contribution in [0, 0.1) is 0 Å². The van der Waals surface area contributed by atoms with Crippen LogP contribution in [0.3, 0.4) is 0 Å². The molecule has 0 unspecified atom stereocenters. The Labute approximate surface area is 177 Å². The summed E-state index contributed by atoms with van der Waals surface area (Å²) < 4.78 is 8.98. The summed E-state index contributed by atoms with van der Waals surface area (Å²) in [6.07, 6.45) is 5.54. The predicted molar refractivity (Wildman–Crippen MR) is 114 cm³/mol. The summed E-state index contributed by atoms with van der Waals surface area (Å²) in [5.41, 5.74) is 1.34. The van der Waals surface area contributed by atoms with E-state index in [9.17, 15) is 4.79 Å². The molecule has 4 heterocycles. The van der Waals surface area contributed by atoms with Crippen molar-refractivity contribution in [3.05, 3.63) is 75.7 Å². The van der Waals surface area contributed by atoms with E-state index >= 15 is 0 Å². The first-order chi connectivity index (χ1) is 14.6. The first kappa shape index (κ1) is 18.6. The zero-order valence-electron chi connectivity index (χ0n) is 16.3. The molecule has 0 amide bonds. The number of hydrogen-bond donors (Lipinski definition) is 0. The second-order valence-electron chi connectivity index (χ2n) is 7.13. The zero-order valence-corrected chi connectivity index (χ0v) is 17.1. The van der Waals surface area contributed by atoms with Gasteiger partial charge in [-0.1, -0.05) is 17.7 Å². The number of nitrogens with zero attached hydrogens (tertiary/aromatic N) is 6. The fraction of sp³-hybridized carbons (Fsp3) is 0.238. The maximum Gasteiger partial charge on any atom is 0.252 e. The number of anilines is 1. The van der Waals surface area contributed by atoms with Gasteiger partial charge in [-0.2, -0.15) is 4.98 Å². The molecule has 4 aromatic rings. The maximum absolute atomic E-state index is 12.7. The topological polar surface area (TPSA) is 78.1 Å². The average Bonchev–Trinajstić information content (AvgIpc) is 3.23. The molecule has 8 nitrogen and oxygen atoms in total. The molecule has 0 saturated carbocycles. The van der Waals surface area contributed by atoms with Crippen LogP contribution in [0.15, 0.2) is 53.7 Å². The number of hydrogen-bond acceptors (Lipinski definition) is 6. The van der Waals surface area contributed by atoms with Crippen LogP contribution in [-0.4, -0.2) is 37.7 Å². The lowest BCUT2D eigenvalue weighted by Crippen LogP contribution is -2.35. The minimum atomic E-state index is -0.131. The third kappa shape index (κ3) is 3.29. The highest BCUT2D eigenvalue weighted by Crippen LogP contribution is 2.26. The number of benzene rings is 1. The lowest BCUT2D eigenvalue weighted by Gasteiger charge is -2.27. The minimum absolute atomic E-state index is 0.131. The normalized spacial score (nSPS) is 13.5. The van der Waals surface area contributed by atoms with E-state index in [-0.39, 0.29) is 5.56 Å². The average molecular weight is 423 g/mol. The third-order valence-corrected chi connectivity index (χ3v) is 5.59. The molecule has 9 heteroatoms. The van der Waals surface area contributed by atoms with Gasteiger partial charge in [0.05, 0.1) is 25.2 Å². The molecular formula is C21H19ClN6O2. The zero-order chi connectivity index (χ0) is 20.7. The number of pyridine rings is 1. The van der Waals surface area contributed by atoms with E-state index in [0.29, 0.717) is 35.5 Å². The quantitative estimate of drug-likeness (QED) is 0.503. The van der Waals surface area contributed by atoms with Gasteiger partial charge in [-0.15, -0.1) is 0 Å². The summed E-state index contributed by atoms with van der Waals surface area (Å²) in [6.45, 7) is 2.58.